The predicted molar refractivity (Wildman–Crippen MR) is 71.1 cm³/mol. The van der Waals surface area contributed by atoms with E-state index in [1.165, 1.54) is 25.4 Å². The lowest BCUT2D eigenvalue weighted by molar-refractivity contribution is -0.486. The third-order valence-corrected chi connectivity index (χ3v) is 3.19. The molecule has 0 unspecified atom stereocenters. The first-order valence-corrected chi connectivity index (χ1v) is 6.28. The maximum Gasteiger partial charge on any atom is 0.272 e. The van der Waals surface area contributed by atoms with Gasteiger partial charge in [0.15, 0.2) is 10.2 Å². The first-order chi connectivity index (χ1) is 9.98. The van der Waals surface area contributed by atoms with E-state index in [2.05, 4.69) is 15.4 Å². The SMILES string of the molecule is COC1(OC)CN/C(=N\[N+](=O)[O-])N(Cc2nc(Cl)co2)C1. The summed E-state index contributed by atoms with van der Waals surface area (Å²) in [5, 5.41) is 16.1. The number of ether oxygens (including phenoxy) is 2. The highest BCUT2D eigenvalue weighted by molar-refractivity contribution is 6.29. The van der Waals surface area contributed by atoms with Crippen LogP contribution in [0.2, 0.25) is 5.15 Å². The highest BCUT2D eigenvalue weighted by atomic mass is 35.5. The van der Waals surface area contributed by atoms with Crippen molar-refractivity contribution in [3.05, 3.63) is 27.4 Å². The lowest BCUT2D eigenvalue weighted by Gasteiger charge is -2.40. The van der Waals surface area contributed by atoms with E-state index < -0.39 is 10.8 Å². The Morgan fingerprint density at radius 1 is 1.67 bits per heavy atom. The summed E-state index contributed by atoms with van der Waals surface area (Å²) in [6.07, 6.45) is 1.28. The van der Waals surface area contributed by atoms with Gasteiger partial charge in [-0.3, -0.25) is 0 Å². The summed E-state index contributed by atoms with van der Waals surface area (Å²) < 4.78 is 15.8. The average molecular weight is 320 g/mol. The number of guanidine groups is 1. The van der Waals surface area contributed by atoms with Crippen molar-refractivity contribution in [2.45, 2.75) is 12.3 Å². The molecule has 1 aliphatic heterocycles. The third-order valence-electron chi connectivity index (χ3n) is 3.02. The molecule has 0 aromatic carbocycles. The molecule has 116 valence electrons. The minimum atomic E-state index is -0.952. The Bertz CT molecular complexity index is 544. The quantitative estimate of drug-likeness (QED) is 0.467. The Morgan fingerprint density at radius 3 is 2.90 bits per heavy atom. The summed E-state index contributed by atoms with van der Waals surface area (Å²) >= 11 is 5.68. The van der Waals surface area contributed by atoms with Crippen LogP contribution in [0.3, 0.4) is 0 Å². The minimum Gasteiger partial charge on any atom is -0.445 e. The Labute approximate surface area is 124 Å². The molecule has 1 aromatic rings. The summed E-state index contributed by atoms with van der Waals surface area (Å²) in [4.78, 5) is 16.1. The number of nitrogens with zero attached hydrogens (tertiary/aromatic N) is 4. The first-order valence-electron chi connectivity index (χ1n) is 5.90. The van der Waals surface area contributed by atoms with Crippen LogP contribution in [0.4, 0.5) is 0 Å². The number of aromatic nitrogens is 1. The van der Waals surface area contributed by atoms with Crippen LogP contribution in [0.15, 0.2) is 15.8 Å². The summed E-state index contributed by atoms with van der Waals surface area (Å²) in [5.41, 5.74) is 0. The van der Waals surface area contributed by atoms with Gasteiger partial charge in [0, 0.05) is 14.2 Å². The van der Waals surface area contributed by atoms with Crippen LogP contribution in [-0.2, 0) is 16.0 Å². The monoisotopic (exact) mass is 319 g/mol. The van der Waals surface area contributed by atoms with Gasteiger partial charge in [-0.25, -0.2) is 15.1 Å². The van der Waals surface area contributed by atoms with Gasteiger partial charge in [-0.2, -0.15) is 0 Å². The number of methoxy groups -OCH3 is 2. The van der Waals surface area contributed by atoms with E-state index >= 15 is 0 Å². The molecule has 0 radical (unpaired) electrons. The molecule has 11 heteroatoms. The molecule has 21 heavy (non-hydrogen) atoms. The minimum absolute atomic E-state index is 0.0686. The normalized spacial score (nSPS) is 19.6. The molecule has 0 bridgehead atoms. The highest BCUT2D eigenvalue weighted by Gasteiger charge is 2.40. The van der Waals surface area contributed by atoms with Crippen molar-refractivity contribution >= 4 is 17.6 Å². The van der Waals surface area contributed by atoms with E-state index in [4.69, 9.17) is 25.5 Å². The second-order valence-corrected chi connectivity index (χ2v) is 4.64. The van der Waals surface area contributed by atoms with Gasteiger partial charge in [0.2, 0.25) is 11.7 Å². The zero-order valence-electron chi connectivity index (χ0n) is 11.4. The molecule has 0 amide bonds. The van der Waals surface area contributed by atoms with Crippen molar-refractivity contribution in [3.8, 4) is 0 Å². The van der Waals surface area contributed by atoms with Gasteiger partial charge in [-0.05, 0) is 0 Å². The number of oxazole rings is 1. The largest absolute Gasteiger partial charge is 0.445 e. The number of hydrazone groups is 1. The van der Waals surface area contributed by atoms with Crippen LogP contribution in [0, 0.1) is 10.1 Å². The zero-order valence-corrected chi connectivity index (χ0v) is 12.2. The van der Waals surface area contributed by atoms with Gasteiger partial charge in [0.1, 0.15) is 11.4 Å². The van der Waals surface area contributed by atoms with Gasteiger partial charge < -0.3 is 24.1 Å². The number of hydrogen-bond acceptors (Lipinski definition) is 6. The lowest BCUT2D eigenvalue weighted by atomic mass is 10.2. The Kier molecular flexibility index (Phi) is 4.60. The number of nitrogens with one attached hydrogen (secondary N) is 1. The van der Waals surface area contributed by atoms with E-state index in [-0.39, 0.29) is 30.7 Å². The molecule has 0 aliphatic carbocycles. The van der Waals surface area contributed by atoms with E-state index in [1.54, 1.807) is 0 Å². The van der Waals surface area contributed by atoms with Gasteiger partial charge in [-0.15, -0.1) is 0 Å². The first kappa shape index (κ1) is 15.5. The molecule has 1 aromatic heterocycles. The van der Waals surface area contributed by atoms with Crippen molar-refractivity contribution in [2.24, 2.45) is 5.10 Å². The van der Waals surface area contributed by atoms with Crippen LogP contribution < -0.4 is 5.32 Å². The Hall–Kier alpha value is -1.91. The predicted octanol–water partition coefficient (Wildman–Crippen LogP) is 0.270. The van der Waals surface area contributed by atoms with Crippen LogP contribution >= 0.6 is 11.6 Å². The standard InChI is InChI=1S/C10H14ClN5O5/c1-19-10(20-2)5-12-9(14-16(17)18)15(6-10)3-8-13-7(11)4-21-8/h4H,3,5-6H2,1-2H3,(H,12,14). The summed E-state index contributed by atoms with van der Waals surface area (Å²) in [6, 6.07) is 0. The molecule has 10 nitrogen and oxygen atoms in total. The fourth-order valence-corrected chi connectivity index (χ4v) is 2.07. The van der Waals surface area contributed by atoms with Crippen molar-refractivity contribution in [3.63, 3.8) is 0 Å². The fourth-order valence-electron chi connectivity index (χ4n) is 1.93. The maximum absolute atomic E-state index is 10.6. The summed E-state index contributed by atoms with van der Waals surface area (Å²) in [6.45, 7) is 0.552. The summed E-state index contributed by atoms with van der Waals surface area (Å²) in [5.74, 6) is -0.591. The Morgan fingerprint density at radius 2 is 2.38 bits per heavy atom. The fraction of sp³-hybridized carbons (Fsp3) is 0.600. The number of hydrogen-bond donors (Lipinski definition) is 1. The highest BCUT2D eigenvalue weighted by Crippen LogP contribution is 2.19. The van der Waals surface area contributed by atoms with E-state index in [9.17, 15) is 10.1 Å². The van der Waals surface area contributed by atoms with Crippen LogP contribution in [0.5, 0.6) is 0 Å². The van der Waals surface area contributed by atoms with Gasteiger partial charge in [-0.1, -0.05) is 11.6 Å². The van der Waals surface area contributed by atoms with Crippen molar-refractivity contribution in [1.29, 1.82) is 0 Å². The molecule has 1 N–H and O–H groups in total. The van der Waals surface area contributed by atoms with Gasteiger partial charge in [0.05, 0.1) is 19.6 Å². The van der Waals surface area contributed by atoms with Gasteiger partial charge >= 0.3 is 0 Å². The molecule has 0 saturated carbocycles. The van der Waals surface area contributed by atoms with E-state index in [1.807, 2.05) is 0 Å². The van der Waals surface area contributed by atoms with Crippen LogP contribution in [0.1, 0.15) is 5.89 Å². The molecule has 2 heterocycles. The van der Waals surface area contributed by atoms with E-state index in [0.717, 1.165) is 0 Å². The molecular weight excluding hydrogens is 306 g/mol. The second-order valence-electron chi connectivity index (χ2n) is 4.25. The second kappa shape index (κ2) is 6.24. The third kappa shape index (κ3) is 3.60. The Balaban J connectivity index is 2.22. The smallest absolute Gasteiger partial charge is 0.272 e. The maximum atomic E-state index is 10.6. The molecule has 1 aliphatic rings. The average Bonchev–Trinajstić information content (AvgIpc) is 2.86. The number of rotatable bonds is 5. The molecule has 0 atom stereocenters. The molecular formula is C10H14ClN5O5. The molecule has 0 spiro atoms. The van der Waals surface area contributed by atoms with Crippen LogP contribution in [-0.4, -0.2) is 54.0 Å². The van der Waals surface area contributed by atoms with Gasteiger partial charge in [0.25, 0.3) is 5.96 Å². The summed E-state index contributed by atoms with van der Waals surface area (Å²) in [7, 11) is 2.97. The lowest BCUT2D eigenvalue weighted by Crippen LogP contribution is -2.62. The topological polar surface area (TPSA) is 115 Å². The van der Waals surface area contributed by atoms with Crippen molar-refractivity contribution < 1.29 is 18.9 Å². The van der Waals surface area contributed by atoms with Crippen LogP contribution in [0.25, 0.3) is 0 Å². The molecule has 2 rings (SSSR count). The number of nitro groups is 1. The van der Waals surface area contributed by atoms with Crippen molar-refractivity contribution in [1.82, 2.24) is 15.2 Å². The van der Waals surface area contributed by atoms with E-state index in [0.29, 0.717) is 5.89 Å². The molecule has 1 saturated heterocycles. The number of halogens is 1. The molecule has 1 fully saturated rings. The van der Waals surface area contributed by atoms with Crippen molar-refractivity contribution in [2.75, 3.05) is 27.3 Å². The zero-order chi connectivity index (χ0) is 15.5.